The highest BCUT2D eigenvalue weighted by molar-refractivity contribution is 7.92. The number of hydrogen-bond donors (Lipinski definition) is 1. The summed E-state index contributed by atoms with van der Waals surface area (Å²) in [5, 5.41) is 3.36. The maximum Gasteiger partial charge on any atom is 0.248 e. The minimum atomic E-state index is -3.83. The zero-order valence-electron chi connectivity index (χ0n) is 15.1. The number of ether oxygens (including phenoxy) is 1. The Hall–Kier alpha value is -1.96. The van der Waals surface area contributed by atoms with Crippen molar-refractivity contribution in [1.82, 2.24) is 0 Å². The summed E-state index contributed by atoms with van der Waals surface area (Å²) >= 11 is 12.1. The molecule has 27 heavy (non-hydrogen) atoms. The van der Waals surface area contributed by atoms with E-state index in [4.69, 9.17) is 27.9 Å². The van der Waals surface area contributed by atoms with E-state index in [9.17, 15) is 13.2 Å². The molecular formula is C18H20Cl2N2O4S. The van der Waals surface area contributed by atoms with Crippen molar-refractivity contribution in [3.8, 4) is 5.75 Å². The molecule has 2 aromatic rings. The number of carbonyl (C=O) groups excluding carboxylic acids is 1. The van der Waals surface area contributed by atoms with Gasteiger partial charge < -0.3 is 10.1 Å². The van der Waals surface area contributed by atoms with E-state index in [1.807, 2.05) is 0 Å². The molecule has 1 amide bonds. The van der Waals surface area contributed by atoms with Gasteiger partial charge in [-0.25, -0.2) is 8.42 Å². The first-order chi connectivity index (χ1) is 12.7. The Bertz CT molecular complexity index is 935. The fraction of sp³-hybridized carbons (Fsp3) is 0.278. The second kappa shape index (κ2) is 8.82. The number of rotatable bonds is 7. The third kappa shape index (κ3) is 5.06. The van der Waals surface area contributed by atoms with Crippen LogP contribution in [0, 0.1) is 0 Å². The fourth-order valence-electron chi connectivity index (χ4n) is 2.65. The third-order valence-corrected chi connectivity index (χ3v) is 5.57. The minimum absolute atomic E-state index is 0.189. The van der Waals surface area contributed by atoms with Gasteiger partial charge in [0.05, 0.1) is 29.8 Å². The number of nitrogens with zero attached hydrogens (tertiary/aromatic N) is 1. The number of hydrogen-bond acceptors (Lipinski definition) is 4. The summed E-state index contributed by atoms with van der Waals surface area (Å²) in [6.45, 7) is 1.71. The maximum atomic E-state index is 12.9. The largest absolute Gasteiger partial charge is 0.495 e. The van der Waals surface area contributed by atoms with Crippen molar-refractivity contribution in [2.75, 3.05) is 23.0 Å². The number of carbonyl (C=O) groups is 1. The smallest absolute Gasteiger partial charge is 0.248 e. The second-order valence-corrected chi connectivity index (χ2v) is 8.47. The lowest BCUT2D eigenvalue weighted by Gasteiger charge is -2.31. The van der Waals surface area contributed by atoms with Crippen LogP contribution in [0.15, 0.2) is 42.5 Å². The summed E-state index contributed by atoms with van der Waals surface area (Å²) in [4.78, 5) is 12.9. The van der Waals surface area contributed by atoms with Crippen LogP contribution in [-0.4, -0.2) is 33.7 Å². The standard InChI is InChI=1S/C18H20Cl2N2O4S/c1-4-15(18(23)21-14-8-6-5-7-13(14)20)22(27(3,24)25)16-11-12(19)9-10-17(16)26-2/h5-11,15H,4H2,1-3H3,(H,21,23)/t15-/m1/s1. The van der Waals surface area contributed by atoms with Gasteiger partial charge >= 0.3 is 0 Å². The topological polar surface area (TPSA) is 75.7 Å². The van der Waals surface area contributed by atoms with Crippen LogP contribution in [0.5, 0.6) is 5.75 Å². The zero-order chi connectivity index (χ0) is 20.2. The lowest BCUT2D eigenvalue weighted by molar-refractivity contribution is -0.117. The molecule has 0 bridgehead atoms. The van der Waals surface area contributed by atoms with Gasteiger partial charge in [-0.15, -0.1) is 0 Å². The van der Waals surface area contributed by atoms with Crippen molar-refractivity contribution in [1.29, 1.82) is 0 Å². The van der Waals surface area contributed by atoms with Gasteiger partial charge in [0.15, 0.2) is 0 Å². The Morgan fingerprint density at radius 2 is 1.89 bits per heavy atom. The molecular weight excluding hydrogens is 411 g/mol. The van der Waals surface area contributed by atoms with E-state index < -0.39 is 22.0 Å². The van der Waals surface area contributed by atoms with Crippen LogP contribution in [0.3, 0.4) is 0 Å². The average molecular weight is 431 g/mol. The molecule has 0 heterocycles. The van der Waals surface area contributed by atoms with Crippen molar-refractivity contribution in [2.24, 2.45) is 0 Å². The summed E-state index contributed by atoms with van der Waals surface area (Å²) < 4.78 is 31.4. The lowest BCUT2D eigenvalue weighted by atomic mass is 10.1. The van der Waals surface area contributed by atoms with E-state index in [0.29, 0.717) is 15.7 Å². The van der Waals surface area contributed by atoms with E-state index in [0.717, 1.165) is 10.6 Å². The molecule has 0 aliphatic heterocycles. The van der Waals surface area contributed by atoms with Crippen LogP contribution in [0.1, 0.15) is 13.3 Å². The highest BCUT2D eigenvalue weighted by atomic mass is 35.5. The maximum absolute atomic E-state index is 12.9. The van der Waals surface area contributed by atoms with Crippen LogP contribution >= 0.6 is 23.2 Å². The van der Waals surface area contributed by atoms with E-state index in [1.54, 1.807) is 43.3 Å². The van der Waals surface area contributed by atoms with Gasteiger partial charge in [0.1, 0.15) is 11.8 Å². The molecule has 6 nitrogen and oxygen atoms in total. The lowest BCUT2D eigenvalue weighted by Crippen LogP contribution is -2.47. The molecule has 0 aromatic heterocycles. The number of para-hydroxylation sites is 1. The van der Waals surface area contributed by atoms with Crippen LogP contribution in [0.2, 0.25) is 10.0 Å². The molecule has 0 radical (unpaired) electrons. The summed E-state index contributed by atoms with van der Waals surface area (Å²) in [5.74, 6) is -0.230. The Balaban J connectivity index is 2.50. The predicted octanol–water partition coefficient (Wildman–Crippen LogP) is 4.19. The molecule has 1 atom stereocenters. The van der Waals surface area contributed by atoms with E-state index in [1.165, 1.54) is 13.2 Å². The Morgan fingerprint density at radius 3 is 2.44 bits per heavy atom. The van der Waals surface area contributed by atoms with Crippen LogP contribution < -0.4 is 14.4 Å². The molecule has 0 unspecified atom stereocenters. The summed E-state index contributed by atoms with van der Waals surface area (Å²) in [6.07, 6.45) is 1.25. The van der Waals surface area contributed by atoms with Gasteiger partial charge in [-0.1, -0.05) is 42.3 Å². The molecule has 9 heteroatoms. The first kappa shape index (κ1) is 21.3. The van der Waals surface area contributed by atoms with Gasteiger partial charge in [0.25, 0.3) is 0 Å². The van der Waals surface area contributed by atoms with Gasteiger partial charge in [-0.2, -0.15) is 0 Å². The first-order valence-corrected chi connectivity index (χ1v) is 10.7. The van der Waals surface area contributed by atoms with Gasteiger partial charge in [-0.05, 0) is 36.8 Å². The van der Waals surface area contributed by atoms with E-state index in [-0.39, 0.29) is 17.9 Å². The first-order valence-electron chi connectivity index (χ1n) is 8.07. The third-order valence-electron chi connectivity index (χ3n) is 3.84. The van der Waals surface area contributed by atoms with Crippen molar-refractivity contribution in [2.45, 2.75) is 19.4 Å². The van der Waals surface area contributed by atoms with Crippen molar-refractivity contribution in [3.63, 3.8) is 0 Å². The van der Waals surface area contributed by atoms with Gasteiger partial charge in [0, 0.05) is 5.02 Å². The molecule has 0 saturated carbocycles. The SMILES string of the molecule is CC[C@H](C(=O)Nc1ccccc1Cl)N(c1cc(Cl)ccc1OC)S(C)(=O)=O. The van der Waals surface area contributed by atoms with Crippen LogP contribution in [0.25, 0.3) is 0 Å². The molecule has 0 fully saturated rings. The molecule has 0 saturated heterocycles. The number of sulfonamides is 1. The van der Waals surface area contributed by atoms with Crippen molar-refractivity contribution >= 4 is 50.5 Å². The molecule has 2 aromatic carbocycles. The van der Waals surface area contributed by atoms with Crippen molar-refractivity contribution < 1.29 is 17.9 Å². The minimum Gasteiger partial charge on any atom is -0.495 e. The Labute approximate surface area is 169 Å². The number of halogens is 2. The molecule has 2 rings (SSSR count). The monoisotopic (exact) mass is 430 g/mol. The highest BCUT2D eigenvalue weighted by Crippen LogP contribution is 2.35. The van der Waals surface area contributed by atoms with E-state index >= 15 is 0 Å². The Morgan fingerprint density at radius 1 is 1.22 bits per heavy atom. The van der Waals surface area contributed by atoms with Crippen LogP contribution in [-0.2, 0) is 14.8 Å². The summed E-state index contributed by atoms with van der Waals surface area (Å²) in [6, 6.07) is 10.3. The second-order valence-electron chi connectivity index (χ2n) is 5.77. The normalized spacial score (nSPS) is 12.3. The Kier molecular flexibility index (Phi) is 6.97. The fourth-order valence-corrected chi connectivity index (χ4v) is 4.21. The molecule has 1 N–H and O–H groups in total. The average Bonchev–Trinajstić information content (AvgIpc) is 2.60. The van der Waals surface area contributed by atoms with Gasteiger partial charge in [-0.3, -0.25) is 9.10 Å². The summed E-state index contributed by atoms with van der Waals surface area (Å²) in [5.41, 5.74) is 0.586. The highest BCUT2D eigenvalue weighted by Gasteiger charge is 2.33. The number of methoxy groups -OCH3 is 1. The number of nitrogens with one attached hydrogen (secondary N) is 1. The van der Waals surface area contributed by atoms with E-state index in [2.05, 4.69) is 5.32 Å². The van der Waals surface area contributed by atoms with Crippen LogP contribution in [0.4, 0.5) is 11.4 Å². The predicted molar refractivity (Wildman–Crippen MR) is 109 cm³/mol. The number of benzene rings is 2. The molecule has 0 spiro atoms. The van der Waals surface area contributed by atoms with Gasteiger partial charge in [0.2, 0.25) is 15.9 Å². The summed E-state index contributed by atoms with van der Waals surface area (Å²) in [7, 11) is -2.41. The number of anilines is 2. The molecule has 0 aliphatic carbocycles. The number of amides is 1. The molecule has 0 aliphatic rings. The molecule has 146 valence electrons. The van der Waals surface area contributed by atoms with Crippen molar-refractivity contribution in [3.05, 3.63) is 52.5 Å². The quantitative estimate of drug-likeness (QED) is 0.714. The zero-order valence-corrected chi connectivity index (χ0v) is 17.4.